The Labute approximate surface area is 76.0 Å². The van der Waals surface area contributed by atoms with Crippen LogP contribution in [0.1, 0.15) is 0 Å². The van der Waals surface area contributed by atoms with Gasteiger partial charge in [-0.2, -0.15) is 0 Å². The SMILES string of the molecule is C[N+](C)(CCO)P(=O)(O)O.O=[C-]O. The van der Waals surface area contributed by atoms with Gasteiger partial charge in [0.25, 0.3) is 0 Å². The summed E-state index contributed by atoms with van der Waals surface area (Å²) in [6.45, 7) is 0.336. The largest absolute Gasteiger partial charge is 0.665 e. The van der Waals surface area contributed by atoms with Gasteiger partial charge < -0.3 is 15.0 Å². The third-order valence-electron chi connectivity index (χ3n) is 1.35. The van der Waals surface area contributed by atoms with E-state index >= 15 is 0 Å². The lowest BCUT2D eigenvalue weighted by atomic mass is 10.6. The molecular formula is C5H14NO6P. The quantitative estimate of drug-likeness (QED) is 0.345. The second-order valence-corrected chi connectivity index (χ2v) is 4.78. The number of nitrogens with zero attached hydrogens (tertiary/aromatic N) is 1. The molecule has 0 spiro atoms. The molecule has 0 aromatic heterocycles. The van der Waals surface area contributed by atoms with E-state index in [1.165, 1.54) is 14.1 Å². The zero-order chi connectivity index (χ0) is 11.1. The molecule has 0 rings (SSSR count). The molecule has 0 atom stereocenters. The maximum atomic E-state index is 10.6. The lowest BCUT2D eigenvalue weighted by Crippen LogP contribution is -2.38. The van der Waals surface area contributed by atoms with Gasteiger partial charge >= 0.3 is 7.75 Å². The zero-order valence-electron chi connectivity index (χ0n) is 7.41. The van der Waals surface area contributed by atoms with Crippen molar-refractivity contribution in [1.29, 1.82) is 0 Å². The number of quaternary nitrogens is 1. The van der Waals surface area contributed by atoms with E-state index in [9.17, 15) is 4.57 Å². The normalized spacial score (nSPS) is 11.5. The van der Waals surface area contributed by atoms with Crippen LogP contribution in [0, 0.1) is 0 Å². The van der Waals surface area contributed by atoms with Crippen LogP contribution < -0.4 is 0 Å². The summed E-state index contributed by atoms with van der Waals surface area (Å²) in [5.41, 5.74) is 0. The molecule has 7 nitrogen and oxygen atoms in total. The van der Waals surface area contributed by atoms with Gasteiger partial charge in [0.05, 0.1) is 20.7 Å². The van der Waals surface area contributed by atoms with Crippen molar-refractivity contribution in [1.82, 2.24) is 0 Å². The highest BCUT2D eigenvalue weighted by atomic mass is 31.2. The summed E-state index contributed by atoms with van der Waals surface area (Å²) < 4.78 is 10.1. The van der Waals surface area contributed by atoms with Gasteiger partial charge in [-0.15, -0.1) is 0 Å². The minimum absolute atomic E-state index is 0.0598. The minimum Gasteiger partial charge on any atom is -0.665 e. The van der Waals surface area contributed by atoms with E-state index in [4.69, 9.17) is 24.8 Å². The molecule has 0 heterocycles. The van der Waals surface area contributed by atoms with Crippen LogP contribution >= 0.6 is 7.75 Å². The molecule has 0 saturated heterocycles. The molecule has 0 saturated carbocycles. The van der Waals surface area contributed by atoms with Crippen molar-refractivity contribution < 1.29 is 33.6 Å². The molecule has 0 unspecified atom stereocenters. The summed E-state index contributed by atoms with van der Waals surface area (Å²) in [6.07, 6.45) is 0. The van der Waals surface area contributed by atoms with Crippen molar-refractivity contribution in [2.24, 2.45) is 0 Å². The number of aliphatic hydroxyl groups is 1. The van der Waals surface area contributed by atoms with Crippen LogP contribution in [-0.4, -0.2) is 58.0 Å². The highest BCUT2D eigenvalue weighted by Crippen LogP contribution is 2.44. The Kier molecular flexibility index (Phi) is 7.01. The number of aliphatic hydroxyl groups excluding tert-OH is 2. The Bertz CT molecular complexity index is 187. The van der Waals surface area contributed by atoms with Crippen LogP contribution in [0.2, 0.25) is 0 Å². The summed E-state index contributed by atoms with van der Waals surface area (Å²) in [6, 6.07) is 0. The first kappa shape index (κ1) is 15.0. The second kappa shape index (κ2) is 6.06. The number of likely N-dealkylation sites (N-methyl/N-ethyl adjacent to an activating group) is 1. The van der Waals surface area contributed by atoms with E-state index in [-0.39, 0.29) is 13.2 Å². The fourth-order valence-corrected chi connectivity index (χ4v) is 0.725. The average molecular weight is 215 g/mol. The molecule has 0 bridgehead atoms. The Morgan fingerprint density at radius 2 is 1.69 bits per heavy atom. The molecule has 13 heavy (non-hydrogen) atoms. The first-order valence-electron chi connectivity index (χ1n) is 3.24. The minimum atomic E-state index is -4.11. The maximum Gasteiger partial charge on any atom is 0.526 e. The van der Waals surface area contributed by atoms with Crippen molar-refractivity contribution in [3.63, 3.8) is 0 Å². The Hall–Kier alpha value is -0.460. The molecule has 8 heteroatoms. The van der Waals surface area contributed by atoms with Gasteiger partial charge in [-0.3, -0.25) is 9.79 Å². The summed E-state index contributed by atoms with van der Waals surface area (Å²) in [5, 5.41) is 15.2. The Morgan fingerprint density at radius 1 is 1.38 bits per heavy atom. The van der Waals surface area contributed by atoms with Crippen LogP contribution in [0.25, 0.3) is 0 Å². The summed E-state index contributed by atoms with van der Waals surface area (Å²) >= 11 is 0. The first-order valence-corrected chi connectivity index (χ1v) is 4.80. The smallest absolute Gasteiger partial charge is 0.526 e. The Morgan fingerprint density at radius 3 is 1.77 bits per heavy atom. The van der Waals surface area contributed by atoms with Crippen molar-refractivity contribution in [2.45, 2.75) is 0 Å². The standard InChI is InChI=1S/C4H12NO4P.CHO2/c1-5(2,3-4-6)10(7,8)9;2-1-3/h6H,3-4H2,1-2H3,(H-,7,8,9);(H,2,3)/q;-1/p+1. The van der Waals surface area contributed by atoms with E-state index in [2.05, 4.69) is 0 Å². The molecule has 4 N–H and O–H groups in total. The maximum absolute atomic E-state index is 10.6. The van der Waals surface area contributed by atoms with E-state index in [0.717, 1.165) is 0 Å². The summed E-state index contributed by atoms with van der Waals surface area (Å²) in [5.74, 6) is 0. The molecule has 0 fully saturated rings. The zero-order valence-corrected chi connectivity index (χ0v) is 8.31. The fourth-order valence-electron chi connectivity index (χ4n) is 0.375. The Balaban J connectivity index is 0. The van der Waals surface area contributed by atoms with Gasteiger partial charge in [-0.1, -0.05) is 6.47 Å². The molecular weight excluding hydrogens is 201 g/mol. The van der Waals surface area contributed by atoms with E-state index in [1.54, 1.807) is 0 Å². The van der Waals surface area contributed by atoms with Crippen molar-refractivity contribution >= 4 is 14.2 Å². The van der Waals surface area contributed by atoms with E-state index in [1.807, 2.05) is 0 Å². The monoisotopic (exact) mass is 215 g/mol. The number of hydrogen-bond acceptors (Lipinski definition) is 3. The predicted octanol–water partition coefficient (Wildman–Crippen LogP) is -1.24. The predicted molar refractivity (Wildman–Crippen MR) is 44.4 cm³/mol. The molecule has 0 amide bonds. The lowest BCUT2D eigenvalue weighted by molar-refractivity contribution is -0.781. The molecule has 0 radical (unpaired) electrons. The molecule has 0 aromatic carbocycles. The average Bonchev–Trinajstić information content (AvgIpc) is 1.85. The number of rotatable bonds is 3. The molecule has 0 aromatic rings. The van der Waals surface area contributed by atoms with Crippen molar-refractivity contribution in [3.8, 4) is 0 Å². The van der Waals surface area contributed by atoms with Gasteiger partial charge in [0.1, 0.15) is 6.54 Å². The lowest BCUT2D eigenvalue weighted by Gasteiger charge is -2.27. The second-order valence-electron chi connectivity index (χ2n) is 2.67. The highest BCUT2D eigenvalue weighted by Gasteiger charge is 2.36. The van der Waals surface area contributed by atoms with Gasteiger partial charge in [-0.05, 0) is 0 Å². The van der Waals surface area contributed by atoms with Crippen molar-refractivity contribution in [2.75, 3.05) is 27.2 Å². The molecule has 80 valence electrons. The topological polar surface area (TPSA) is 115 Å². The molecule has 0 aliphatic carbocycles. The third-order valence-corrected chi connectivity index (χ3v) is 2.96. The van der Waals surface area contributed by atoms with E-state index in [0.29, 0.717) is 6.47 Å². The van der Waals surface area contributed by atoms with Crippen LogP contribution in [0.15, 0.2) is 0 Å². The highest BCUT2D eigenvalue weighted by molar-refractivity contribution is 7.45. The first-order chi connectivity index (χ1) is 5.72. The van der Waals surface area contributed by atoms with Crippen LogP contribution in [0.4, 0.5) is 0 Å². The molecule has 0 aliphatic heterocycles. The van der Waals surface area contributed by atoms with Crippen LogP contribution in [0.3, 0.4) is 0 Å². The van der Waals surface area contributed by atoms with Gasteiger partial charge in [0.15, 0.2) is 0 Å². The van der Waals surface area contributed by atoms with Gasteiger partial charge in [-0.25, -0.2) is 8.82 Å². The van der Waals surface area contributed by atoms with Gasteiger partial charge in [0, 0.05) is 0 Å². The third kappa shape index (κ3) is 6.68. The molecule has 0 aliphatic rings. The van der Waals surface area contributed by atoms with Crippen molar-refractivity contribution in [3.05, 3.63) is 0 Å². The van der Waals surface area contributed by atoms with Crippen LogP contribution in [-0.2, 0) is 9.36 Å². The van der Waals surface area contributed by atoms with E-state index < -0.39 is 12.0 Å². The van der Waals surface area contributed by atoms with Crippen LogP contribution in [0.5, 0.6) is 0 Å². The fraction of sp³-hybridized carbons (Fsp3) is 0.800. The van der Waals surface area contributed by atoms with Gasteiger partial charge in [0.2, 0.25) is 0 Å². The number of hydrogen-bond donors (Lipinski definition) is 4. The summed E-state index contributed by atoms with van der Waals surface area (Å²) in [7, 11) is -1.36. The summed E-state index contributed by atoms with van der Waals surface area (Å²) in [4.78, 5) is 25.5.